The molecule has 0 saturated heterocycles. The average molecular weight is 268 g/mol. The Balaban J connectivity index is -0.000000361. The Bertz CT molecular complexity index is 260. The van der Waals surface area contributed by atoms with Crippen molar-refractivity contribution < 1.29 is 9.53 Å². The Hall–Kier alpha value is -1.31. The van der Waals surface area contributed by atoms with Gasteiger partial charge in [-0.1, -0.05) is 59.3 Å². The van der Waals surface area contributed by atoms with Gasteiger partial charge in [-0.15, -0.1) is 6.58 Å². The molecule has 112 valence electrons. The van der Waals surface area contributed by atoms with Crippen LogP contribution in [0.5, 0.6) is 0 Å². The van der Waals surface area contributed by atoms with Gasteiger partial charge in [-0.05, 0) is 26.3 Å². The van der Waals surface area contributed by atoms with Crippen LogP contribution in [0.1, 0.15) is 60.8 Å². The van der Waals surface area contributed by atoms with E-state index in [1.54, 1.807) is 0 Å². The van der Waals surface area contributed by atoms with E-state index in [0.717, 1.165) is 19.3 Å². The predicted octanol–water partition coefficient (Wildman–Crippen LogP) is 5.66. The van der Waals surface area contributed by atoms with Crippen LogP contribution in [0, 0.1) is 5.92 Å². The second-order valence-electron chi connectivity index (χ2n) is 4.34. The van der Waals surface area contributed by atoms with Crippen molar-refractivity contribution in [2.24, 2.45) is 5.92 Å². The summed E-state index contributed by atoms with van der Waals surface area (Å²) < 4.78 is 4.91. The van der Waals surface area contributed by atoms with Gasteiger partial charge in [-0.25, -0.2) is 0 Å². The van der Waals surface area contributed by atoms with Crippen molar-refractivity contribution in [2.45, 2.75) is 60.8 Å². The third-order valence-corrected chi connectivity index (χ3v) is 1.85. The first-order chi connectivity index (χ1) is 8.84. The minimum Gasteiger partial charge on any atom is -0.427 e. The second kappa shape index (κ2) is 16.7. The first-order valence-corrected chi connectivity index (χ1v) is 7.00. The van der Waals surface area contributed by atoms with Crippen molar-refractivity contribution in [2.75, 3.05) is 0 Å². The fraction of sp³-hybridized carbons (Fsp3) is 0.588. The van der Waals surface area contributed by atoms with E-state index in [1.807, 2.05) is 34.6 Å². The molecule has 0 saturated carbocycles. The SMILES string of the molecule is C=C(C)C.C=CC(=C)OC(=O)[C@@H](C)CCCC.CC. The van der Waals surface area contributed by atoms with E-state index < -0.39 is 0 Å². The first kappa shape index (κ1) is 22.8. The summed E-state index contributed by atoms with van der Waals surface area (Å²) in [7, 11) is 0. The van der Waals surface area contributed by atoms with E-state index in [2.05, 4.69) is 26.7 Å². The van der Waals surface area contributed by atoms with Crippen molar-refractivity contribution in [3.63, 3.8) is 0 Å². The molecule has 0 aliphatic rings. The molecule has 0 aromatic heterocycles. The van der Waals surface area contributed by atoms with Crippen LogP contribution in [0.4, 0.5) is 0 Å². The summed E-state index contributed by atoms with van der Waals surface area (Å²) in [4.78, 5) is 11.3. The van der Waals surface area contributed by atoms with Gasteiger partial charge in [0.25, 0.3) is 0 Å². The number of carbonyl (C=O) groups excluding carboxylic acids is 1. The van der Waals surface area contributed by atoms with Crippen LogP contribution in [0.2, 0.25) is 0 Å². The molecule has 0 spiro atoms. The number of hydrogen-bond donors (Lipinski definition) is 0. The summed E-state index contributed by atoms with van der Waals surface area (Å²) in [6.07, 6.45) is 4.46. The topological polar surface area (TPSA) is 26.3 Å². The van der Waals surface area contributed by atoms with Crippen LogP contribution in [0.3, 0.4) is 0 Å². The first-order valence-electron chi connectivity index (χ1n) is 7.00. The lowest BCUT2D eigenvalue weighted by Crippen LogP contribution is -2.13. The zero-order valence-electron chi connectivity index (χ0n) is 13.7. The van der Waals surface area contributed by atoms with E-state index in [1.165, 1.54) is 11.6 Å². The highest BCUT2D eigenvalue weighted by Gasteiger charge is 2.13. The smallest absolute Gasteiger partial charge is 0.314 e. The highest BCUT2D eigenvalue weighted by Crippen LogP contribution is 2.11. The molecule has 0 aliphatic heterocycles. The Morgan fingerprint density at radius 1 is 1.26 bits per heavy atom. The highest BCUT2D eigenvalue weighted by molar-refractivity contribution is 5.73. The number of hydrogen-bond acceptors (Lipinski definition) is 2. The van der Waals surface area contributed by atoms with Crippen molar-refractivity contribution in [1.82, 2.24) is 0 Å². The fourth-order valence-corrected chi connectivity index (χ4v) is 0.900. The van der Waals surface area contributed by atoms with Gasteiger partial charge in [0.15, 0.2) is 0 Å². The van der Waals surface area contributed by atoms with E-state index >= 15 is 0 Å². The maximum Gasteiger partial charge on any atom is 0.314 e. The van der Waals surface area contributed by atoms with Crippen LogP contribution in [-0.2, 0) is 9.53 Å². The quantitative estimate of drug-likeness (QED) is 0.269. The molecular formula is C17H32O2. The molecule has 0 rings (SSSR count). The van der Waals surface area contributed by atoms with Gasteiger partial charge in [0, 0.05) is 0 Å². The van der Waals surface area contributed by atoms with E-state index in [4.69, 9.17) is 4.74 Å². The number of esters is 1. The summed E-state index contributed by atoms with van der Waals surface area (Å²) >= 11 is 0. The maximum atomic E-state index is 11.3. The van der Waals surface area contributed by atoms with E-state index in [0.29, 0.717) is 5.76 Å². The Morgan fingerprint density at radius 3 is 2.00 bits per heavy atom. The molecule has 2 nitrogen and oxygen atoms in total. The van der Waals surface area contributed by atoms with Gasteiger partial charge in [0.1, 0.15) is 5.76 Å². The lowest BCUT2D eigenvalue weighted by molar-refractivity contribution is -0.143. The molecule has 0 aromatic carbocycles. The highest BCUT2D eigenvalue weighted by atomic mass is 16.5. The second-order valence-corrected chi connectivity index (χ2v) is 4.34. The standard InChI is InChI=1S/C11H18O2.C4H8.C2H6/c1-5-7-8-9(3)11(12)13-10(4)6-2;1-4(2)3;1-2/h6,9H,2,4-5,7-8H2,1,3H3;1H2,2-3H3;1-2H3/t9-;;/m0../s1. The van der Waals surface area contributed by atoms with Crippen LogP contribution < -0.4 is 0 Å². The molecule has 19 heavy (non-hydrogen) atoms. The lowest BCUT2D eigenvalue weighted by Gasteiger charge is -2.09. The van der Waals surface area contributed by atoms with Crippen molar-refractivity contribution in [3.8, 4) is 0 Å². The van der Waals surface area contributed by atoms with Crippen LogP contribution in [0.25, 0.3) is 0 Å². The molecule has 0 aromatic rings. The molecule has 0 heterocycles. The summed E-state index contributed by atoms with van der Waals surface area (Å²) in [6, 6.07) is 0. The number of rotatable bonds is 6. The number of unbranched alkanes of at least 4 members (excludes halogenated alkanes) is 1. The van der Waals surface area contributed by atoms with Gasteiger partial charge in [0.2, 0.25) is 0 Å². The van der Waals surface area contributed by atoms with Crippen LogP contribution in [0.15, 0.2) is 37.1 Å². The third kappa shape index (κ3) is 22.4. The molecule has 0 bridgehead atoms. The maximum absolute atomic E-state index is 11.3. The minimum absolute atomic E-state index is 0.0448. The fourth-order valence-electron chi connectivity index (χ4n) is 0.900. The zero-order chi connectivity index (χ0) is 15.8. The molecule has 0 N–H and O–H groups in total. The van der Waals surface area contributed by atoms with Crippen molar-refractivity contribution >= 4 is 5.97 Å². The molecule has 2 heteroatoms. The number of ether oxygens (including phenoxy) is 1. The third-order valence-electron chi connectivity index (χ3n) is 1.85. The number of carbonyl (C=O) groups is 1. The molecule has 1 atom stereocenters. The van der Waals surface area contributed by atoms with E-state index in [9.17, 15) is 4.79 Å². The zero-order valence-corrected chi connectivity index (χ0v) is 13.7. The minimum atomic E-state index is -0.210. The molecular weight excluding hydrogens is 236 g/mol. The summed E-state index contributed by atoms with van der Waals surface area (Å²) in [5, 5.41) is 0. The monoisotopic (exact) mass is 268 g/mol. The van der Waals surface area contributed by atoms with Gasteiger partial charge in [-0.3, -0.25) is 4.79 Å². The van der Waals surface area contributed by atoms with Crippen molar-refractivity contribution in [1.29, 1.82) is 0 Å². The Labute approximate surface area is 120 Å². The van der Waals surface area contributed by atoms with Gasteiger partial charge in [0.05, 0.1) is 5.92 Å². The average Bonchev–Trinajstić information content (AvgIpc) is 2.37. The van der Waals surface area contributed by atoms with E-state index in [-0.39, 0.29) is 11.9 Å². The molecule has 0 fully saturated rings. The Morgan fingerprint density at radius 2 is 1.68 bits per heavy atom. The normalized spacial score (nSPS) is 9.79. The summed E-state index contributed by atoms with van der Waals surface area (Å²) in [5.74, 6) is 0.0725. The molecule has 0 unspecified atom stereocenters. The molecule has 0 amide bonds. The summed E-state index contributed by atoms with van der Waals surface area (Å²) in [5.41, 5.74) is 1.17. The predicted molar refractivity (Wildman–Crippen MR) is 86.0 cm³/mol. The molecule has 0 radical (unpaired) electrons. The Kier molecular flexibility index (Phi) is 20.1. The lowest BCUT2D eigenvalue weighted by atomic mass is 10.1. The van der Waals surface area contributed by atoms with Crippen LogP contribution >= 0.6 is 0 Å². The number of allylic oxidation sites excluding steroid dienone is 2. The largest absolute Gasteiger partial charge is 0.427 e. The molecule has 0 aliphatic carbocycles. The van der Waals surface area contributed by atoms with Crippen molar-refractivity contribution in [3.05, 3.63) is 37.1 Å². The van der Waals surface area contributed by atoms with Gasteiger partial charge < -0.3 is 4.74 Å². The van der Waals surface area contributed by atoms with Crippen LogP contribution in [-0.4, -0.2) is 5.97 Å². The van der Waals surface area contributed by atoms with Gasteiger partial charge in [-0.2, -0.15) is 0 Å². The summed E-state index contributed by atoms with van der Waals surface area (Å²) in [6.45, 7) is 22.4. The van der Waals surface area contributed by atoms with Gasteiger partial charge >= 0.3 is 5.97 Å².